The molecule has 1 fully saturated rings. The summed E-state index contributed by atoms with van der Waals surface area (Å²) in [5.41, 5.74) is 0.772. The quantitative estimate of drug-likeness (QED) is 0.663. The summed E-state index contributed by atoms with van der Waals surface area (Å²) in [6, 6.07) is 7.47. The van der Waals surface area contributed by atoms with Gasteiger partial charge in [0.25, 0.3) is 0 Å². The molecule has 1 aromatic carbocycles. The van der Waals surface area contributed by atoms with Gasteiger partial charge < -0.3 is 10.0 Å². The molecule has 1 aliphatic heterocycles. The second-order valence-corrected chi connectivity index (χ2v) is 4.89. The number of carboxylic acids is 1. The molecule has 0 radical (unpaired) electrons. The Hall–Kier alpha value is -1.11. The van der Waals surface area contributed by atoms with Gasteiger partial charge in [0.05, 0.1) is 0 Å². The molecule has 1 N–H and O–H groups in total. The van der Waals surface area contributed by atoms with Crippen LogP contribution in [0.15, 0.2) is 24.3 Å². The summed E-state index contributed by atoms with van der Waals surface area (Å²) in [4.78, 5) is 24.1. The van der Waals surface area contributed by atoms with Crippen LogP contribution in [0.25, 0.3) is 0 Å². The van der Waals surface area contributed by atoms with Crippen molar-refractivity contribution in [1.82, 2.24) is 0 Å². The molecular weight excluding hydrogens is 321 g/mol. The maximum Gasteiger partial charge on any atom is 0.316 e. The Bertz CT molecular complexity index is 429. The normalized spacial score (nSPS) is 20.2. The van der Waals surface area contributed by atoms with Crippen LogP contribution in [0.5, 0.6) is 0 Å². The van der Waals surface area contributed by atoms with Crippen LogP contribution in [0.1, 0.15) is 6.42 Å². The van der Waals surface area contributed by atoms with Gasteiger partial charge in [0.15, 0.2) is 0 Å². The van der Waals surface area contributed by atoms with E-state index in [2.05, 4.69) is 22.6 Å². The number of hydrogen-bond donors (Lipinski definition) is 1. The molecule has 16 heavy (non-hydrogen) atoms. The Balaban J connectivity index is 2.21. The lowest BCUT2D eigenvalue weighted by Gasteiger charge is -2.15. The van der Waals surface area contributed by atoms with Crippen LogP contribution in [0.2, 0.25) is 0 Å². The van der Waals surface area contributed by atoms with Crippen molar-refractivity contribution in [3.63, 3.8) is 0 Å². The van der Waals surface area contributed by atoms with E-state index in [0.717, 1.165) is 9.26 Å². The molecule has 1 aliphatic rings. The Morgan fingerprint density at radius 1 is 1.38 bits per heavy atom. The zero-order valence-corrected chi connectivity index (χ0v) is 10.5. The summed E-state index contributed by atoms with van der Waals surface area (Å²) in [5, 5.41) is 8.84. The first-order chi connectivity index (χ1) is 7.59. The van der Waals surface area contributed by atoms with Crippen LogP contribution in [-0.2, 0) is 9.59 Å². The number of carbonyl (C=O) groups is 2. The molecule has 84 valence electrons. The highest BCUT2D eigenvalue weighted by molar-refractivity contribution is 14.1. The van der Waals surface area contributed by atoms with Gasteiger partial charge in [-0.2, -0.15) is 0 Å². The summed E-state index contributed by atoms with van der Waals surface area (Å²) >= 11 is 2.18. The molecule has 1 heterocycles. The van der Waals surface area contributed by atoms with Crippen molar-refractivity contribution in [2.24, 2.45) is 5.92 Å². The van der Waals surface area contributed by atoms with E-state index in [4.69, 9.17) is 5.11 Å². The molecule has 0 aliphatic carbocycles. The monoisotopic (exact) mass is 331 g/mol. The van der Waals surface area contributed by atoms with Crippen molar-refractivity contribution in [3.05, 3.63) is 27.8 Å². The first-order valence-corrected chi connectivity index (χ1v) is 5.97. The van der Waals surface area contributed by atoms with Crippen molar-refractivity contribution < 1.29 is 14.7 Å². The molecule has 1 amide bonds. The largest absolute Gasteiger partial charge is 0.481 e. The molecule has 0 bridgehead atoms. The van der Waals surface area contributed by atoms with Crippen LogP contribution >= 0.6 is 22.6 Å². The number of benzene rings is 1. The van der Waals surface area contributed by atoms with Crippen LogP contribution in [0.4, 0.5) is 5.69 Å². The molecule has 0 aromatic heterocycles. The number of carbonyl (C=O) groups excluding carboxylic acids is 1. The Labute approximate surface area is 106 Å². The average Bonchev–Trinajstić information content (AvgIpc) is 2.61. The number of rotatable bonds is 2. The SMILES string of the molecule is O=C(O)C1CCN(c2ccc(I)cc2)C1=O. The van der Waals surface area contributed by atoms with Gasteiger partial charge >= 0.3 is 5.97 Å². The van der Waals surface area contributed by atoms with E-state index in [1.165, 1.54) is 4.90 Å². The summed E-state index contributed by atoms with van der Waals surface area (Å²) in [5.74, 6) is -2.22. The summed E-state index contributed by atoms with van der Waals surface area (Å²) in [6.45, 7) is 0.483. The van der Waals surface area contributed by atoms with Crippen LogP contribution < -0.4 is 4.90 Å². The highest BCUT2D eigenvalue weighted by Crippen LogP contribution is 2.25. The lowest BCUT2D eigenvalue weighted by molar-refractivity contribution is -0.144. The summed E-state index contributed by atoms with van der Waals surface area (Å²) < 4.78 is 1.09. The topological polar surface area (TPSA) is 57.6 Å². The van der Waals surface area contributed by atoms with Crippen LogP contribution in [0.3, 0.4) is 0 Å². The van der Waals surface area contributed by atoms with E-state index in [-0.39, 0.29) is 5.91 Å². The van der Waals surface area contributed by atoms with Gasteiger partial charge in [-0.3, -0.25) is 9.59 Å². The van der Waals surface area contributed by atoms with E-state index >= 15 is 0 Å². The molecule has 0 saturated carbocycles. The lowest BCUT2D eigenvalue weighted by Crippen LogP contribution is -2.30. The summed E-state index contributed by atoms with van der Waals surface area (Å²) in [6.07, 6.45) is 0.389. The predicted molar refractivity (Wildman–Crippen MR) is 67.3 cm³/mol. The maximum atomic E-state index is 11.8. The molecular formula is C11H10INO3. The smallest absolute Gasteiger partial charge is 0.316 e. The van der Waals surface area contributed by atoms with E-state index in [9.17, 15) is 9.59 Å². The molecule has 4 nitrogen and oxygen atoms in total. The van der Waals surface area contributed by atoms with Gasteiger partial charge in [-0.1, -0.05) is 0 Å². The molecule has 1 unspecified atom stereocenters. The van der Waals surface area contributed by atoms with Crippen molar-refractivity contribution in [2.45, 2.75) is 6.42 Å². The minimum atomic E-state index is -1.03. The number of halogens is 1. The molecule has 1 saturated heterocycles. The Morgan fingerprint density at radius 3 is 2.50 bits per heavy atom. The third-order valence-corrected chi connectivity index (χ3v) is 3.36. The number of aliphatic carboxylic acids is 1. The van der Waals surface area contributed by atoms with E-state index in [1.807, 2.05) is 24.3 Å². The molecule has 0 spiro atoms. The molecule has 1 aromatic rings. The molecule has 5 heteroatoms. The fourth-order valence-corrected chi connectivity index (χ4v) is 2.15. The number of anilines is 1. The number of amides is 1. The summed E-state index contributed by atoms with van der Waals surface area (Å²) in [7, 11) is 0. The van der Waals surface area contributed by atoms with Crippen molar-refractivity contribution in [3.8, 4) is 0 Å². The zero-order chi connectivity index (χ0) is 11.7. The van der Waals surface area contributed by atoms with Gasteiger partial charge in [0.1, 0.15) is 5.92 Å². The second kappa shape index (κ2) is 4.40. The minimum Gasteiger partial charge on any atom is -0.481 e. The number of nitrogens with zero attached hydrogens (tertiary/aromatic N) is 1. The predicted octanol–water partition coefficient (Wildman–Crippen LogP) is 1.73. The van der Waals surface area contributed by atoms with Gasteiger partial charge in [-0.25, -0.2) is 0 Å². The van der Waals surface area contributed by atoms with E-state index in [1.54, 1.807) is 0 Å². The zero-order valence-electron chi connectivity index (χ0n) is 8.39. The van der Waals surface area contributed by atoms with E-state index in [0.29, 0.717) is 13.0 Å². The van der Waals surface area contributed by atoms with Gasteiger partial charge in [-0.05, 0) is 53.3 Å². The fraction of sp³-hybridized carbons (Fsp3) is 0.273. The Kier molecular flexibility index (Phi) is 3.13. The van der Waals surface area contributed by atoms with E-state index < -0.39 is 11.9 Å². The third-order valence-electron chi connectivity index (χ3n) is 2.64. The average molecular weight is 331 g/mol. The van der Waals surface area contributed by atoms with Gasteiger partial charge in [0, 0.05) is 15.8 Å². The van der Waals surface area contributed by atoms with Crippen molar-refractivity contribution >= 4 is 40.2 Å². The van der Waals surface area contributed by atoms with Crippen molar-refractivity contribution in [2.75, 3.05) is 11.4 Å². The maximum absolute atomic E-state index is 11.8. The highest BCUT2D eigenvalue weighted by atomic mass is 127. The van der Waals surface area contributed by atoms with Gasteiger partial charge in [-0.15, -0.1) is 0 Å². The number of carboxylic acid groups (broad SMARTS) is 1. The standard InChI is InChI=1S/C11H10INO3/c12-7-1-3-8(4-2-7)13-6-5-9(10(13)14)11(15)16/h1-4,9H,5-6H2,(H,15,16). The van der Waals surface area contributed by atoms with Crippen LogP contribution in [-0.4, -0.2) is 23.5 Å². The first-order valence-electron chi connectivity index (χ1n) is 4.89. The first kappa shape index (κ1) is 11.4. The highest BCUT2D eigenvalue weighted by Gasteiger charge is 2.37. The second-order valence-electron chi connectivity index (χ2n) is 3.65. The Morgan fingerprint density at radius 2 is 2.00 bits per heavy atom. The minimum absolute atomic E-state index is 0.311. The third kappa shape index (κ3) is 2.04. The van der Waals surface area contributed by atoms with Gasteiger partial charge in [0.2, 0.25) is 5.91 Å². The van der Waals surface area contributed by atoms with Crippen LogP contribution in [0, 0.1) is 9.49 Å². The number of hydrogen-bond acceptors (Lipinski definition) is 2. The molecule has 2 rings (SSSR count). The lowest BCUT2D eigenvalue weighted by atomic mass is 10.1. The fourth-order valence-electron chi connectivity index (χ4n) is 1.79. The molecule has 1 atom stereocenters. The van der Waals surface area contributed by atoms with Crippen molar-refractivity contribution in [1.29, 1.82) is 0 Å².